The van der Waals surface area contributed by atoms with Crippen molar-refractivity contribution in [3.05, 3.63) is 0 Å². The van der Waals surface area contributed by atoms with Crippen LogP contribution in [0, 0.1) is 0 Å². The molecule has 0 rings (SSSR count). The summed E-state index contributed by atoms with van der Waals surface area (Å²) in [5, 5.41) is 14.8. The molecule has 0 aromatic heterocycles. The molecule has 0 saturated heterocycles. The summed E-state index contributed by atoms with van der Waals surface area (Å²) in [7, 11) is 0. The topological polar surface area (TPSA) is 132 Å². The second-order valence-electron chi connectivity index (χ2n) is 0.841. The fraction of sp³-hybridized carbons (Fsp3) is 0. The van der Waals surface area contributed by atoms with Crippen molar-refractivity contribution in [2.24, 2.45) is 0 Å². The third kappa shape index (κ3) is 27.9. The Bertz CT molecular complexity index is 134. The first-order chi connectivity index (χ1) is 4.37. The Kier molecular flexibility index (Phi) is 7.22. The zero-order valence-corrected chi connectivity index (χ0v) is 5.24. The zero-order chi connectivity index (χ0) is 8.73. The molecular formula is C2H4O7S. The van der Waals surface area contributed by atoms with Gasteiger partial charge < -0.3 is 10.2 Å². The molecular weight excluding hydrogens is 168 g/mol. The predicted octanol–water partition coefficient (Wildman–Crippen LogP) is -1.16. The number of hydrogen-bond donors (Lipinski definition) is 4. The molecule has 0 fully saturated rings. The van der Waals surface area contributed by atoms with Crippen LogP contribution >= 0.6 is 0 Å². The summed E-state index contributed by atoms with van der Waals surface area (Å²) in [5.74, 6) is -3.65. The number of carboxylic acids is 2. The third-order valence-corrected chi connectivity index (χ3v) is 0.183. The van der Waals surface area contributed by atoms with Gasteiger partial charge in [-0.15, -0.1) is 0 Å². The Morgan fingerprint density at radius 2 is 1.10 bits per heavy atom. The number of hydrogen-bond acceptors (Lipinski definition) is 3. The maximum absolute atomic E-state index is 9.10. The molecule has 0 amide bonds. The summed E-state index contributed by atoms with van der Waals surface area (Å²) >= 11 is -2.61. The van der Waals surface area contributed by atoms with Crippen LogP contribution in [0.2, 0.25) is 0 Å². The van der Waals surface area contributed by atoms with Crippen LogP contribution < -0.4 is 0 Å². The molecule has 8 heteroatoms. The second kappa shape index (κ2) is 6.13. The summed E-state index contributed by atoms with van der Waals surface area (Å²) in [6.45, 7) is 0. The van der Waals surface area contributed by atoms with E-state index < -0.39 is 23.3 Å². The van der Waals surface area contributed by atoms with E-state index in [0.29, 0.717) is 0 Å². The Hall–Kier alpha value is -0.990. The molecule has 0 aliphatic carbocycles. The van der Waals surface area contributed by atoms with Gasteiger partial charge >= 0.3 is 11.9 Å². The second-order valence-corrected chi connectivity index (χ2v) is 1.30. The molecule has 7 nitrogen and oxygen atoms in total. The van der Waals surface area contributed by atoms with Gasteiger partial charge in [0.15, 0.2) is 0 Å². The van der Waals surface area contributed by atoms with Gasteiger partial charge in [-0.05, 0) is 0 Å². The van der Waals surface area contributed by atoms with Crippen LogP contribution in [0.3, 0.4) is 0 Å². The molecule has 0 aromatic rings. The Balaban J connectivity index is 0. The van der Waals surface area contributed by atoms with Crippen molar-refractivity contribution >= 4 is 23.3 Å². The smallest absolute Gasteiger partial charge is 0.414 e. The van der Waals surface area contributed by atoms with E-state index in [-0.39, 0.29) is 0 Å². The van der Waals surface area contributed by atoms with Gasteiger partial charge in [0.2, 0.25) is 0 Å². The van der Waals surface area contributed by atoms with Crippen molar-refractivity contribution in [2.45, 2.75) is 0 Å². The number of carbonyl (C=O) groups is 2. The fourth-order valence-electron chi connectivity index (χ4n) is 0. The Morgan fingerprint density at radius 1 is 1.00 bits per heavy atom. The maximum Gasteiger partial charge on any atom is 0.414 e. The van der Waals surface area contributed by atoms with E-state index in [1.54, 1.807) is 0 Å². The van der Waals surface area contributed by atoms with E-state index >= 15 is 0 Å². The average molecular weight is 172 g/mol. The minimum Gasteiger partial charge on any atom is -0.473 e. The predicted molar refractivity (Wildman–Crippen MR) is 28.7 cm³/mol. The lowest BCUT2D eigenvalue weighted by molar-refractivity contribution is -0.159. The minimum absolute atomic E-state index is 1.82. The van der Waals surface area contributed by atoms with Crippen molar-refractivity contribution in [2.75, 3.05) is 0 Å². The van der Waals surface area contributed by atoms with Crippen molar-refractivity contribution in [1.82, 2.24) is 0 Å². The highest BCUT2D eigenvalue weighted by Gasteiger charge is 2.04. The van der Waals surface area contributed by atoms with Crippen molar-refractivity contribution < 1.29 is 33.1 Å². The van der Waals surface area contributed by atoms with Crippen LogP contribution in [0.4, 0.5) is 0 Å². The third-order valence-electron chi connectivity index (χ3n) is 0.183. The summed E-state index contributed by atoms with van der Waals surface area (Å²) in [6.07, 6.45) is 0. The first kappa shape index (κ1) is 11.8. The molecule has 0 unspecified atom stereocenters. The van der Waals surface area contributed by atoms with Crippen molar-refractivity contribution in [3.63, 3.8) is 0 Å². The standard InChI is InChI=1S/C2H2O4.H2O3S/c3-1(4)2(5)6;1-4(2)3/h(H,3,4)(H,5,6);(H2,1,2,3). The first-order valence-corrected chi connectivity index (χ1v) is 2.70. The van der Waals surface area contributed by atoms with E-state index in [4.69, 9.17) is 33.1 Å². The van der Waals surface area contributed by atoms with Crippen LogP contribution in [-0.2, 0) is 21.0 Å². The molecule has 0 aliphatic rings. The van der Waals surface area contributed by atoms with Gasteiger partial charge in [0.05, 0.1) is 0 Å². The van der Waals surface area contributed by atoms with Crippen molar-refractivity contribution in [3.8, 4) is 0 Å². The van der Waals surface area contributed by atoms with E-state index in [1.807, 2.05) is 0 Å². The van der Waals surface area contributed by atoms with Gasteiger partial charge in [-0.1, -0.05) is 0 Å². The molecule has 0 saturated carbocycles. The zero-order valence-electron chi connectivity index (χ0n) is 4.42. The SMILES string of the molecule is O=C(O)C(=O)O.O=S(O)O. The summed E-state index contributed by atoms with van der Waals surface area (Å²) in [5.41, 5.74) is 0. The lowest BCUT2D eigenvalue weighted by atomic mass is 10.7. The monoisotopic (exact) mass is 172 g/mol. The van der Waals surface area contributed by atoms with Gasteiger partial charge in [-0.2, -0.15) is 4.21 Å². The molecule has 60 valence electrons. The van der Waals surface area contributed by atoms with Crippen molar-refractivity contribution in [1.29, 1.82) is 0 Å². The molecule has 0 aliphatic heterocycles. The van der Waals surface area contributed by atoms with Crippen LogP contribution in [0.25, 0.3) is 0 Å². The van der Waals surface area contributed by atoms with Gasteiger partial charge in [-0.25, -0.2) is 9.59 Å². The van der Waals surface area contributed by atoms with E-state index in [9.17, 15) is 0 Å². The molecule has 0 radical (unpaired) electrons. The summed E-state index contributed by atoms with van der Waals surface area (Å²) < 4.78 is 22.8. The normalized spacial score (nSPS) is 7.90. The molecule has 10 heavy (non-hydrogen) atoms. The molecule has 0 bridgehead atoms. The highest BCUT2D eigenvalue weighted by molar-refractivity contribution is 7.73. The van der Waals surface area contributed by atoms with E-state index in [0.717, 1.165) is 0 Å². The van der Waals surface area contributed by atoms with Crippen LogP contribution in [0.1, 0.15) is 0 Å². The lowest BCUT2D eigenvalue weighted by Gasteiger charge is -1.72. The lowest BCUT2D eigenvalue weighted by Crippen LogP contribution is -2.09. The van der Waals surface area contributed by atoms with Crippen LogP contribution in [-0.4, -0.2) is 35.5 Å². The number of aliphatic carboxylic acids is 2. The molecule has 0 atom stereocenters. The Morgan fingerprint density at radius 3 is 1.10 bits per heavy atom. The molecule has 0 aromatic carbocycles. The fourth-order valence-corrected chi connectivity index (χ4v) is 0. The quantitative estimate of drug-likeness (QED) is 0.267. The molecule has 4 N–H and O–H groups in total. The number of rotatable bonds is 0. The van der Waals surface area contributed by atoms with Gasteiger partial charge in [0, 0.05) is 0 Å². The van der Waals surface area contributed by atoms with Gasteiger partial charge in [0.25, 0.3) is 11.4 Å². The number of carboxylic acid groups (broad SMARTS) is 2. The van der Waals surface area contributed by atoms with E-state index in [1.165, 1.54) is 0 Å². The average Bonchev–Trinajstić information content (AvgIpc) is 1.63. The summed E-state index contributed by atoms with van der Waals surface area (Å²) in [6, 6.07) is 0. The molecule has 0 spiro atoms. The van der Waals surface area contributed by atoms with Gasteiger partial charge in [-0.3, -0.25) is 9.11 Å². The van der Waals surface area contributed by atoms with E-state index in [2.05, 4.69) is 0 Å². The molecule has 0 heterocycles. The van der Waals surface area contributed by atoms with Crippen LogP contribution in [0.5, 0.6) is 0 Å². The van der Waals surface area contributed by atoms with Crippen LogP contribution in [0.15, 0.2) is 0 Å². The van der Waals surface area contributed by atoms with Gasteiger partial charge in [0.1, 0.15) is 0 Å². The Labute approximate surface area is 57.4 Å². The minimum atomic E-state index is -2.61. The highest BCUT2D eigenvalue weighted by atomic mass is 32.2. The first-order valence-electron chi connectivity index (χ1n) is 1.64. The highest BCUT2D eigenvalue weighted by Crippen LogP contribution is 1.56. The summed E-state index contributed by atoms with van der Waals surface area (Å²) in [4.78, 5) is 18.2. The largest absolute Gasteiger partial charge is 0.473 e. The maximum atomic E-state index is 9.10.